The summed E-state index contributed by atoms with van der Waals surface area (Å²) in [7, 11) is 0. The van der Waals surface area contributed by atoms with Crippen LogP contribution in [0.1, 0.15) is 12.5 Å². The summed E-state index contributed by atoms with van der Waals surface area (Å²) in [6.45, 7) is 5.97. The first-order chi connectivity index (χ1) is 13.2. The van der Waals surface area contributed by atoms with Gasteiger partial charge in [0, 0.05) is 57.9 Å². The minimum atomic E-state index is -0.0925. The molecule has 2 aromatic heterocycles. The van der Waals surface area contributed by atoms with E-state index in [-0.39, 0.29) is 11.9 Å². The standard InChI is InChI=1S/C18H25N7O2/c1-2-19-17(26)14-23-8-10-24(11-9-23)18(27)21-13-15-4-6-20-16(12-15)25-7-3-5-22-25/h3-7,12H,2,8-11,13-14H2,1H3,(H,19,26)(H,21,27). The van der Waals surface area contributed by atoms with Gasteiger partial charge in [0.15, 0.2) is 5.82 Å². The monoisotopic (exact) mass is 371 g/mol. The minimum Gasteiger partial charge on any atom is -0.355 e. The quantitative estimate of drug-likeness (QED) is 0.758. The van der Waals surface area contributed by atoms with E-state index >= 15 is 0 Å². The average Bonchev–Trinajstić information content (AvgIpc) is 3.22. The Labute approximate surface area is 158 Å². The maximum Gasteiger partial charge on any atom is 0.317 e. The van der Waals surface area contributed by atoms with Crippen molar-refractivity contribution < 1.29 is 9.59 Å². The Morgan fingerprint density at radius 3 is 2.67 bits per heavy atom. The molecule has 1 aliphatic rings. The molecule has 3 rings (SSSR count). The fourth-order valence-electron chi connectivity index (χ4n) is 2.95. The number of hydrogen-bond acceptors (Lipinski definition) is 5. The Morgan fingerprint density at radius 1 is 1.15 bits per heavy atom. The van der Waals surface area contributed by atoms with Crippen molar-refractivity contribution in [3.8, 4) is 5.82 Å². The molecule has 2 N–H and O–H groups in total. The number of piperazine rings is 1. The van der Waals surface area contributed by atoms with E-state index < -0.39 is 0 Å². The lowest BCUT2D eigenvalue weighted by Gasteiger charge is -2.34. The van der Waals surface area contributed by atoms with E-state index in [1.165, 1.54) is 0 Å². The number of pyridine rings is 1. The molecule has 0 aromatic carbocycles. The molecule has 1 aliphatic heterocycles. The molecule has 9 nitrogen and oxygen atoms in total. The number of carbonyl (C=O) groups is 2. The van der Waals surface area contributed by atoms with Crippen molar-refractivity contribution >= 4 is 11.9 Å². The van der Waals surface area contributed by atoms with Gasteiger partial charge in [-0.05, 0) is 30.7 Å². The molecule has 1 saturated heterocycles. The van der Waals surface area contributed by atoms with Gasteiger partial charge < -0.3 is 15.5 Å². The maximum atomic E-state index is 12.4. The van der Waals surface area contributed by atoms with Gasteiger partial charge in [-0.2, -0.15) is 5.10 Å². The number of nitrogens with zero attached hydrogens (tertiary/aromatic N) is 5. The maximum absolute atomic E-state index is 12.4. The SMILES string of the molecule is CCNC(=O)CN1CCN(C(=O)NCc2ccnc(-n3cccn3)c2)CC1. The van der Waals surface area contributed by atoms with Crippen molar-refractivity contribution in [2.24, 2.45) is 0 Å². The zero-order valence-electron chi connectivity index (χ0n) is 15.5. The van der Waals surface area contributed by atoms with Gasteiger partial charge in [0.05, 0.1) is 6.54 Å². The van der Waals surface area contributed by atoms with Crippen LogP contribution in [0.2, 0.25) is 0 Å². The predicted octanol–water partition coefficient (Wildman–Crippen LogP) is 0.231. The Kier molecular flexibility index (Phi) is 6.37. The van der Waals surface area contributed by atoms with Crippen molar-refractivity contribution in [3.05, 3.63) is 42.4 Å². The Balaban J connectivity index is 1.45. The van der Waals surface area contributed by atoms with Crippen LogP contribution in [0.4, 0.5) is 4.79 Å². The Hall–Kier alpha value is -2.94. The van der Waals surface area contributed by atoms with Crippen molar-refractivity contribution in [2.75, 3.05) is 39.3 Å². The largest absolute Gasteiger partial charge is 0.355 e. The fraction of sp³-hybridized carbons (Fsp3) is 0.444. The molecule has 3 heterocycles. The molecule has 27 heavy (non-hydrogen) atoms. The second-order valence-corrected chi connectivity index (χ2v) is 6.35. The molecule has 9 heteroatoms. The molecule has 0 unspecified atom stereocenters. The fourth-order valence-corrected chi connectivity index (χ4v) is 2.95. The molecule has 144 valence electrons. The van der Waals surface area contributed by atoms with Gasteiger partial charge in [0.1, 0.15) is 0 Å². The van der Waals surface area contributed by atoms with Crippen LogP contribution in [-0.2, 0) is 11.3 Å². The van der Waals surface area contributed by atoms with Gasteiger partial charge in [0.2, 0.25) is 5.91 Å². The van der Waals surface area contributed by atoms with Crippen molar-refractivity contribution in [1.29, 1.82) is 0 Å². The number of urea groups is 1. The van der Waals surface area contributed by atoms with Crippen LogP contribution in [0.15, 0.2) is 36.8 Å². The molecular formula is C18H25N7O2. The highest BCUT2D eigenvalue weighted by Gasteiger charge is 2.22. The summed E-state index contributed by atoms with van der Waals surface area (Å²) >= 11 is 0. The lowest BCUT2D eigenvalue weighted by Crippen LogP contribution is -2.53. The average molecular weight is 371 g/mol. The van der Waals surface area contributed by atoms with E-state index in [1.54, 1.807) is 22.0 Å². The zero-order chi connectivity index (χ0) is 19.1. The number of likely N-dealkylation sites (N-methyl/N-ethyl adjacent to an activating group) is 1. The third-order valence-corrected chi connectivity index (χ3v) is 4.39. The normalized spacial score (nSPS) is 14.8. The van der Waals surface area contributed by atoms with E-state index in [1.807, 2.05) is 31.3 Å². The number of carbonyl (C=O) groups excluding carboxylic acids is 2. The van der Waals surface area contributed by atoms with Crippen LogP contribution in [0.3, 0.4) is 0 Å². The number of nitrogens with one attached hydrogen (secondary N) is 2. The molecule has 0 radical (unpaired) electrons. The van der Waals surface area contributed by atoms with Crippen LogP contribution in [-0.4, -0.2) is 75.8 Å². The summed E-state index contributed by atoms with van der Waals surface area (Å²) in [6, 6.07) is 5.52. The van der Waals surface area contributed by atoms with Gasteiger partial charge in [-0.3, -0.25) is 9.69 Å². The summed E-state index contributed by atoms with van der Waals surface area (Å²) in [4.78, 5) is 32.2. The van der Waals surface area contributed by atoms with Gasteiger partial charge in [0.25, 0.3) is 0 Å². The van der Waals surface area contributed by atoms with Crippen molar-refractivity contribution in [3.63, 3.8) is 0 Å². The highest BCUT2D eigenvalue weighted by atomic mass is 16.2. The Bertz CT molecular complexity index is 755. The van der Waals surface area contributed by atoms with E-state index in [2.05, 4.69) is 25.6 Å². The van der Waals surface area contributed by atoms with Gasteiger partial charge in [-0.1, -0.05) is 0 Å². The van der Waals surface area contributed by atoms with E-state index in [4.69, 9.17) is 0 Å². The van der Waals surface area contributed by atoms with E-state index in [0.717, 1.165) is 5.56 Å². The second kappa shape index (κ2) is 9.13. The molecule has 2 aromatic rings. The van der Waals surface area contributed by atoms with E-state index in [9.17, 15) is 9.59 Å². The molecule has 0 spiro atoms. The first kappa shape index (κ1) is 18.8. The minimum absolute atomic E-state index is 0.0288. The number of amides is 3. The number of rotatable bonds is 6. The zero-order valence-corrected chi connectivity index (χ0v) is 15.5. The third-order valence-electron chi connectivity index (χ3n) is 4.39. The molecule has 3 amide bonds. The first-order valence-electron chi connectivity index (χ1n) is 9.12. The molecular weight excluding hydrogens is 346 g/mol. The molecule has 0 atom stereocenters. The smallest absolute Gasteiger partial charge is 0.317 e. The number of hydrogen-bond donors (Lipinski definition) is 2. The Morgan fingerprint density at radius 2 is 1.96 bits per heavy atom. The van der Waals surface area contributed by atoms with Crippen LogP contribution in [0, 0.1) is 0 Å². The van der Waals surface area contributed by atoms with Crippen molar-refractivity contribution in [2.45, 2.75) is 13.5 Å². The molecule has 1 fully saturated rings. The second-order valence-electron chi connectivity index (χ2n) is 6.35. The first-order valence-corrected chi connectivity index (χ1v) is 9.12. The third kappa shape index (κ3) is 5.27. The van der Waals surface area contributed by atoms with Crippen LogP contribution < -0.4 is 10.6 Å². The molecule has 0 saturated carbocycles. The van der Waals surface area contributed by atoms with Crippen LogP contribution in [0.5, 0.6) is 0 Å². The van der Waals surface area contributed by atoms with Crippen molar-refractivity contribution in [1.82, 2.24) is 35.2 Å². The van der Waals surface area contributed by atoms with Gasteiger partial charge in [-0.25, -0.2) is 14.5 Å². The summed E-state index contributed by atoms with van der Waals surface area (Å²) in [5.74, 6) is 0.742. The van der Waals surface area contributed by atoms with Gasteiger partial charge in [-0.15, -0.1) is 0 Å². The highest BCUT2D eigenvalue weighted by Crippen LogP contribution is 2.07. The lowest BCUT2D eigenvalue weighted by molar-refractivity contribution is -0.122. The van der Waals surface area contributed by atoms with Gasteiger partial charge >= 0.3 is 6.03 Å². The summed E-state index contributed by atoms with van der Waals surface area (Å²) in [6.07, 6.45) is 5.23. The summed E-state index contributed by atoms with van der Waals surface area (Å²) < 4.78 is 1.68. The van der Waals surface area contributed by atoms with E-state index in [0.29, 0.717) is 51.6 Å². The molecule has 0 aliphatic carbocycles. The van der Waals surface area contributed by atoms with Crippen LogP contribution >= 0.6 is 0 Å². The summed E-state index contributed by atoms with van der Waals surface area (Å²) in [5.41, 5.74) is 0.957. The topological polar surface area (TPSA) is 95.4 Å². The number of aromatic nitrogens is 3. The molecule has 0 bridgehead atoms. The summed E-state index contributed by atoms with van der Waals surface area (Å²) in [5, 5.41) is 9.90. The predicted molar refractivity (Wildman–Crippen MR) is 100 cm³/mol. The lowest BCUT2D eigenvalue weighted by atomic mass is 10.2. The highest BCUT2D eigenvalue weighted by molar-refractivity contribution is 5.78. The van der Waals surface area contributed by atoms with Crippen LogP contribution in [0.25, 0.3) is 5.82 Å².